The van der Waals surface area contributed by atoms with Gasteiger partial charge >= 0.3 is 0 Å². The molecule has 8 heteroatoms. The van der Waals surface area contributed by atoms with Gasteiger partial charge in [-0.05, 0) is 37.1 Å². The van der Waals surface area contributed by atoms with Crippen molar-refractivity contribution in [1.29, 1.82) is 0 Å². The van der Waals surface area contributed by atoms with Gasteiger partial charge in [-0.3, -0.25) is 4.79 Å². The largest absolute Gasteiger partial charge is 0.479 e. The minimum absolute atomic E-state index is 0.0767. The molecular weight excluding hydrogens is 421 g/mol. The fraction of sp³-hybridized carbons (Fsp3) is 0.350. The van der Waals surface area contributed by atoms with Crippen LogP contribution in [-0.4, -0.2) is 44.2 Å². The molecule has 0 radical (unpaired) electrons. The second-order valence-electron chi connectivity index (χ2n) is 6.72. The Labute approximate surface area is 175 Å². The molecule has 1 amide bonds. The number of halogens is 2. The van der Waals surface area contributed by atoms with Crippen molar-refractivity contribution in [3.05, 3.63) is 64.1 Å². The second kappa shape index (κ2) is 8.72. The maximum atomic E-state index is 12.8. The third-order valence-electron chi connectivity index (χ3n) is 4.77. The number of hydrogen-bond donors (Lipinski definition) is 0. The van der Waals surface area contributed by atoms with Crippen LogP contribution < -0.4 is 4.74 Å². The average Bonchev–Trinajstić information content (AvgIpc) is 2.82. The molecule has 150 valence electrons. The molecule has 2 aromatic carbocycles. The van der Waals surface area contributed by atoms with E-state index in [-0.39, 0.29) is 18.2 Å². The van der Waals surface area contributed by atoms with Gasteiger partial charge in [0.15, 0.2) is 15.9 Å². The first-order chi connectivity index (χ1) is 13.3. The van der Waals surface area contributed by atoms with E-state index in [9.17, 15) is 13.2 Å². The summed E-state index contributed by atoms with van der Waals surface area (Å²) in [5.74, 6) is 0.0126. The van der Waals surface area contributed by atoms with Crippen LogP contribution in [0.1, 0.15) is 24.2 Å². The van der Waals surface area contributed by atoms with E-state index in [0.29, 0.717) is 28.8 Å². The molecule has 0 unspecified atom stereocenters. The highest BCUT2D eigenvalue weighted by atomic mass is 35.5. The van der Waals surface area contributed by atoms with E-state index in [1.54, 1.807) is 30.0 Å². The predicted octanol–water partition coefficient (Wildman–Crippen LogP) is 4.15. The first kappa shape index (κ1) is 21.0. The molecule has 0 spiro atoms. The molecule has 0 N–H and O–H groups in total. The van der Waals surface area contributed by atoms with Crippen molar-refractivity contribution in [2.45, 2.75) is 24.7 Å². The Hall–Kier alpha value is -1.76. The van der Waals surface area contributed by atoms with Gasteiger partial charge in [-0.25, -0.2) is 8.42 Å². The van der Waals surface area contributed by atoms with Gasteiger partial charge in [-0.1, -0.05) is 53.5 Å². The first-order valence-electron chi connectivity index (χ1n) is 8.95. The van der Waals surface area contributed by atoms with Crippen LogP contribution in [0.25, 0.3) is 0 Å². The summed E-state index contributed by atoms with van der Waals surface area (Å²) in [6.07, 6.45) is -0.443. The summed E-state index contributed by atoms with van der Waals surface area (Å²) in [5, 5.41) is 0.184. The second-order valence-corrected chi connectivity index (χ2v) is 9.86. The molecule has 1 heterocycles. The highest BCUT2D eigenvalue weighted by molar-refractivity contribution is 7.91. The number of sulfone groups is 1. The molecule has 5 nitrogen and oxygen atoms in total. The monoisotopic (exact) mass is 441 g/mol. The minimum Gasteiger partial charge on any atom is -0.479 e. The van der Waals surface area contributed by atoms with Crippen LogP contribution >= 0.6 is 23.2 Å². The van der Waals surface area contributed by atoms with E-state index in [2.05, 4.69) is 0 Å². The lowest BCUT2D eigenvalue weighted by Crippen LogP contribution is -2.42. The Morgan fingerprint density at radius 1 is 1.14 bits per heavy atom. The smallest absolute Gasteiger partial charge is 0.263 e. The molecule has 0 saturated carbocycles. The fourth-order valence-electron chi connectivity index (χ4n) is 3.27. The van der Waals surface area contributed by atoms with E-state index in [1.807, 2.05) is 30.3 Å². The number of carbonyl (C=O) groups is 1. The third-order valence-corrected chi connectivity index (χ3v) is 7.43. The van der Waals surface area contributed by atoms with Crippen molar-refractivity contribution in [3.63, 3.8) is 0 Å². The molecule has 2 atom stereocenters. The van der Waals surface area contributed by atoms with Crippen molar-refractivity contribution in [2.24, 2.45) is 0 Å². The molecular formula is C20H21Cl2NO4S. The Kier molecular flexibility index (Phi) is 6.53. The van der Waals surface area contributed by atoms with E-state index in [0.717, 1.165) is 5.56 Å². The predicted molar refractivity (Wildman–Crippen MR) is 111 cm³/mol. The topological polar surface area (TPSA) is 63.7 Å². The molecule has 1 fully saturated rings. The quantitative estimate of drug-likeness (QED) is 0.714. The Morgan fingerprint density at radius 3 is 2.54 bits per heavy atom. The van der Waals surface area contributed by atoms with Crippen molar-refractivity contribution >= 4 is 38.9 Å². The molecule has 0 aliphatic carbocycles. The van der Waals surface area contributed by atoms with Crippen molar-refractivity contribution in [3.8, 4) is 5.75 Å². The maximum Gasteiger partial charge on any atom is 0.263 e. The number of carbonyl (C=O) groups excluding carboxylic acids is 1. The summed E-state index contributed by atoms with van der Waals surface area (Å²) in [4.78, 5) is 14.4. The first-order valence-corrected chi connectivity index (χ1v) is 11.4. The lowest BCUT2D eigenvalue weighted by atomic mass is 10.1. The zero-order valence-electron chi connectivity index (χ0n) is 15.3. The Balaban J connectivity index is 1.71. The number of hydrogen-bond acceptors (Lipinski definition) is 4. The molecule has 0 bridgehead atoms. The Bertz CT molecular complexity index is 950. The molecule has 1 saturated heterocycles. The number of rotatable bonds is 4. The van der Waals surface area contributed by atoms with Gasteiger partial charge < -0.3 is 9.64 Å². The summed E-state index contributed by atoms with van der Waals surface area (Å²) >= 11 is 12.0. The fourth-order valence-corrected chi connectivity index (χ4v) is 5.52. The molecule has 1 aliphatic rings. The van der Waals surface area contributed by atoms with Gasteiger partial charge in [0.2, 0.25) is 0 Å². The van der Waals surface area contributed by atoms with Gasteiger partial charge in [0.25, 0.3) is 5.91 Å². The van der Waals surface area contributed by atoms with Crippen LogP contribution in [0.2, 0.25) is 10.0 Å². The minimum atomic E-state index is -3.35. The summed E-state index contributed by atoms with van der Waals surface area (Å²) in [6.45, 7) is 2.12. The van der Waals surface area contributed by atoms with Gasteiger partial charge in [0.1, 0.15) is 5.75 Å². The van der Waals surface area contributed by atoms with Gasteiger partial charge in [-0.15, -0.1) is 0 Å². The highest BCUT2D eigenvalue weighted by Gasteiger charge is 2.34. The number of ether oxygens (including phenoxy) is 1. The molecule has 2 aromatic rings. The van der Waals surface area contributed by atoms with E-state index >= 15 is 0 Å². The van der Waals surface area contributed by atoms with Crippen LogP contribution in [0.5, 0.6) is 5.75 Å². The number of benzene rings is 2. The highest BCUT2D eigenvalue weighted by Crippen LogP contribution is 2.31. The molecule has 28 heavy (non-hydrogen) atoms. The molecule has 3 rings (SSSR count). The van der Waals surface area contributed by atoms with Crippen molar-refractivity contribution < 1.29 is 17.9 Å². The summed E-state index contributed by atoms with van der Waals surface area (Å²) in [6, 6.07) is 13.9. The summed E-state index contributed by atoms with van der Waals surface area (Å²) < 4.78 is 31.1. The maximum absolute atomic E-state index is 12.8. The Morgan fingerprint density at radius 2 is 1.86 bits per heavy atom. The summed E-state index contributed by atoms with van der Waals surface area (Å²) in [5.41, 5.74) is 0.758. The third kappa shape index (κ3) is 4.80. The zero-order valence-corrected chi connectivity index (χ0v) is 17.7. The lowest BCUT2D eigenvalue weighted by Gasteiger charge is -2.24. The van der Waals surface area contributed by atoms with Crippen LogP contribution in [0, 0.1) is 0 Å². The SMILES string of the molecule is C[C@@H](Oc1ccc(Cl)cc1Cl)C(=O)N1CC[C@H](c2ccccc2)S(=O)(=O)CC1. The number of nitrogens with zero attached hydrogens (tertiary/aromatic N) is 1. The van der Waals surface area contributed by atoms with Crippen LogP contribution in [-0.2, 0) is 14.6 Å². The standard InChI is InChI=1S/C20H21Cl2NO4S/c1-14(27-18-8-7-16(21)13-17(18)22)20(24)23-10-9-19(28(25,26)12-11-23)15-5-3-2-4-6-15/h2-8,13-14,19H,9-12H2,1H3/t14-,19-/m1/s1. The van der Waals surface area contributed by atoms with Gasteiger partial charge in [0, 0.05) is 18.1 Å². The van der Waals surface area contributed by atoms with Gasteiger partial charge in [-0.2, -0.15) is 0 Å². The van der Waals surface area contributed by atoms with Crippen LogP contribution in [0.4, 0.5) is 0 Å². The van der Waals surface area contributed by atoms with Crippen molar-refractivity contribution in [1.82, 2.24) is 4.90 Å². The molecule has 1 aliphatic heterocycles. The van der Waals surface area contributed by atoms with Crippen molar-refractivity contribution in [2.75, 3.05) is 18.8 Å². The summed E-state index contributed by atoms with van der Waals surface area (Å²) in [7, 11) is -3.35. The number of amides is 1. The van der Waals surface area contributed by atoms with Crippen LogP contribution in [0.3, 0.4) is 0 Å². The molecule has 0 aromatic heterocycles. The normalized spacial score (nSPS) is 20.2. The van der Waals surface area contributed by atoms with Gasteiger partial charge in [0.05, 0.1) is 16.0 Å². The zero-order chi connectivity index (χ0) is 20.3. The lowest BCUT2D eigenvalue weighted by molar-refractivity contribution is -0.137. The van der Waals surface area contributed by atoms with Crippen LogP contribution in [0.15, 0.2) is 48.5 Å². The van der Waals surface area contributed by atoms with E-state index in [4.69, 9.17) is 27.9 Å². The van der Waals surface area contributed by atoms with E-state index in [1.165, 1.54) is 0 Å². The van der Waals surface area contributed by atoms with E-state index < -0.39 is 21.2 Å². The average molecular weight is 442 g/mol.